The highest BCUT2D eigenvalue weighted by atomic mass is 32.2. The second-order valence-electron chi connectivity index (χ2n) is 3.71. The van der Waals surface area contributed by atoms with Crippen LogP contribution in [0.2, 0.25) is 0 Å². The molecule has 0 aliphatic rings. The van der Waals surface area contributed by atoms with Crippen molar-refractivity contribution < 1.29 is 17.9 Å². The fraction of sp³-hybridized carbons (Fsp3) is 1.00. The van der Waals surface area contributed by atoms with E-state index in [1.165, 1.54) is 10.6 Å². The predicted molar refractivity (Wildman–Crippen MR) is 67.4 cm³/mol. The van der Waals surface area contributed by atoms with Gasteiger partial charge in [-0.3, -0.25) is 0 Å². The first-order valence-corrected chi connectivity index (χ1v) is 7.52. The molecule has 0 amide bonds. The van der Waals surface area contributed by atoms with Crippen LogP contribution < -0.4 is 5.32 Å². The van der Waals surface area contributed by atoms with Gasteiger partial charge in [0.15, 0.2) is 6.29 Å². The molecule has 0 saturated carbocycles. The summed E-state index contributed by atoms with van der Waals surface area (Å²) in [6.07, 6.45) is 1.74. The van der Waals surface area contributed by atoms with Gasteiger partial charge in [-0.1, -0.05) is 6.92 Å². The van der Waals surface area contributed by atoms with Crippen LogP contribution in [0, 0.1) is 0 Å². The molecular weight excluding hydrogens is 244 g/mol. The van der Waals surface area contributed by atoms with Gasteiger partial charge in [-0.05, 0) is 13.0 Å². The third-order valence-electron chi connectivity index (χ3n) is 2.42. The Bertz CT molecular complexity index is 278. The first-order valence-electron chi connectivity index (χ1n) is 5.67. The van der Waals surface area contributed by atoms with Crippen molar-refractivity contribution >= 4 is 10.0 Å². The molecule has 0 aromatic rings. The third-order valence-corrected chi connectivity index (χ3v) is 3.80. The largest absolute Gasteiger partial charge is 0.355 e. The van der Waals surface area contributed by atoms with Crippen molar-refractivity contribution in [1.29, 1.82) is 0 Å². The van der Waals surface area contributed by atoms with Crippen LogP contribution in [-0.4, -0.2) is 65.7 Å². The van der Waals surface area contributed by atoms with Crippen molar-refractivity contribution in [2.75, 3.05) is 46.7 Å². The summed E-state index contributed by atoms with van der Waals surface area (Å²) in [4.78, 5) is 0. The zero-order chi connectivity index (χ0) is 13.3. The standard InChI is InChI=1S/C10H24N2O4S/c1-5-12(17(4,13)14)8-6-7-11-9-10(15-2)16-3/h10-11H,5-9H2,1-4H3. The van der Waals surface area contributed by atoms with E-state index >= 15 is 0 Å². The van der Waals surface area contributed by atoms with Crippen LogP contribution in [-0.2, 0) is 19.5 Å². The normalized spacial score (nSPS) is 12.6. The summed E-state index contributed by atoms with van der Waals surface area (Å²) in [5.74, 6) is 0. The Morgan fingerprint density at radius 2 is 1.88 bits per heavy atom. The van der Waals surface area contributed by atoms with Crippen LogP contribution in [0.25, 0.3) is 0 Å². The average Bonchev–Trinajstić information content (AvgIpc) is 2.26. The van der Waals surface area contributed by atoms with E-state index in [0.717, 1.165) is 13.0 Å². The highest BCUT2D eigenvalue weighted by molar-refractivity contribution is 7.88. The molecule has 0 spiro atoms. The second kappa shape index (κ2) is 8.82. The predicted octanol–water partition coefficient (Wildman–Crippen LogP) is -0.133. The summed E-state index contributed by atoms with van der Waals surface area (Å²) in [5, 5.41) is 3.15. The van der Waals surface area contributed by atoms with E-state index in [2.05, 4.69) is 5.32 Å². The summed E-state index contributed by atoms with van der Waals surface area (Å²) < 4.78 is 34.1. The molecule has 0 bridgehead atoms. The Kier molecular flexibility index (Phi) is 8.71. The summed E-state index contributed by atoms with van der Waals surface area (Å²) in [5.41, 5.74) is 0. The molecule has 0 aromatic heterocycles. The molecule has 1 N–H and O–H groups in total. The number of ether oxygens (including phenoxy) is 2. The zero-order valence-corrected chi connectivity index (χ0v) is 11.9. The van der Waals surface area contributed by atoms with Crippen LogP contribution in [0.1, 0.15) is 13.3 Å². The van der Waals surface area contributed by atoms with Crippen molar-refractivity contribution in [3.8, 4) is 0 Å². The minimum Gasteiger partial charge on any atom is -0.355 e. The van der Waals surface area contributed by atoms with E-state index in [9.17, 15) is 8.42 Å². The van der Waals surface area contributed by atoms with Gasteiger partial charge in [-0.2, -0.15) is 0 Å². The monoisotopic (exact) mass is 268 g/mol. The smallest absolute Gasteiger partial charge is 0.211 e. The molecule has 0 radical (unpaired) electrons. The molecule has 6 nitrogen and oxygen atoms in total. The van der Waals surface area contributed by atoms with Crippen molar-refractivity contribution in [1.82, 2.24) is 9.62 Å². The van der Waals surface area contributed by atoms with Gasteiger partial charge < -0.3 is 14.8 Å². The van der Waals surface area contributed by atoms with Crippen LogP contribution in [0.5, 0.6) is 0 Å². The van der Waals surface area contributed by atoms with Crippen LogP contribution in [0.3, 0.4) is 0 Å². The lowest BCUT2D eigenvalue weighted by atomic mass is 10.4. The first-order chi connectivity index (χ1) is 7.95. The third kappa shape index (κ3) is 7.67. The van der Waals surface area contributed by atoms with E-state index in [0.29, 0.717) is 19.6 Å². The molecule has 0 aromatic carbocycles. The number of sulfonamides is 1. The van der Waals surface area contributed by atoms with Gasteiger partial charge in [0.25, 0.3) is 0 Å². The Balaban J connectivity index is 3.70. The molecule has 0 unspecified atom stereocenters. The van der Waals surface area contributed by atoms with E-state index in [1.807, 2.05) is 6.92 Å². The molecule has 0 fully saturated rings. The van der Waals surface area contributed by atoms with Gasteiger partial charge in [-0.15, -0.1) is 0 Å². The molecule has 0 rings (SSSR count). The van der Waals surface area contributed by atoms with Crippen molar-refractivity contribution in [3.63, 3.8) is 0 Å². The van der Waals surface area contributed by atoms with Gasteiger partial charge >= 0.3 is 0 Å². The molecule has 0 atom stereocenters. The molecule has 104 valence electrons. The minimum atomic E-state index is -3.07. The molecule has 0 saturated heterocycles. The van der Waals surface area contributed by atoms with Crippen LogP contribution in [0.15, 0.2) is 0 Å². The molecule has 17 heavy (non-hydrogen) atoms. The maximum Gasteiger partial charge on any atom is 0.211 e. The summed E-state index contributed by atoms with van der Waals surface area (Å²) >= 11 is 0. The van der Waals surface area contributed by atoms with Gasteiger partial charge in [0.1, 0.15) is 0 Å². The SMILES string of the molecule is CCN(CCCNCC(OC)OC)S(C)(=O)=O. The van der Waals surface area contributed by atoms with Gasteiger partial charge in [-0.25, -0.2) is 12.7 Å². The Morgan fingerprint density at radius 1 is 1.29 bits per heavy atom. The van der Waals surface area contributed by atoms with Crippen LogP contribution >= 0.6 is 0 Å². The minimum absolute atomic E-state index is 0.257. The topological polar surface area (TPSA) is 67.9 Å². The lowest BCUT2D eigenvalue weighted by Crippen LogP contribution is -2.34. The Labute approximate surface area is 104 Å². The highest BCUT2D eigenvalue weighted by Crippen LogP contribution is 1.98. The maximum atomic E-state index is 11.3. The Hall–Kier alpha value is -0.210. The lowest BCUT2D eigenvalue weighted by Gasteiger charge is -2.18. The zero-order valence-electron chi connectivity index (χ0n) is 11.1. The number of methoxy groups -OCH3 is 2. The lowest BCUT2D eigenvalue weighted by molar-refractivity contribution is -0.0986. The van der Waals surface area contributed by atoms with E-state index in [1.54, 1.807) is 14.2 Å². The highest BCUT2D eigenvalue weighted by Gasteiger charge is 2.13. The quantitative estimate of drug-likeness (QED) is 0.441. The van der Waals surface area contributed by atoms with Gasteiger partial charge in [0.05, 0.1) is 6.26 Å². The summed E-state index contributed by atoms with van der Waals surface area (Å²) in [7, 11) is 0.0917. The first kappa shape index (κ1) is 16.8. The van der Waals surface area contributed by atoms with E-state index in [-0.39, 0.29) is 6.29 Å². The Morgan fingerprint density at radius 3 is 2.29 bits per heavy atom. The number of nitrogens with zero attached hydrogens (tertiary/aromatic N) is 1. The van der Waals surface area contributed by atoms with Crippen molar-refractivity contribution in [3.05, 3.63) is 0 Å². The number of nitrogens with one attached hydrogen (secondary N) is 1. The molecule has 0 aliphatic heterocycles. The molecule has 0 heterocycles. The summed E-state index contributed by atoms with van der Waals surface area (Å²) in [6, 6.07) is 0. The van der Waals surface area contributed by atoms with Gasteiger partial charge in [0, 0.05) is 33.9 Å². The second-order valence-corrected chi connectivity index (χ2v) is 5.70. The average molecular weight is 268 g/mol. The number of rotatable bonds is 10. The fourth-order valence-electron chi connectivity index (χ4n) is 1.42. The van der Waals surface area contributed by atoms with E-state index < -0.39 is 10.0 Å². The number of hydrogen-bond acceptors (Lipinski definition) is 5. The fourth-order valence-corrected chi connectivity index (χ4v) is 2.35. The van der Waals surface area contributed by atoms with Crippen molar-refractivity contribution in [2.24, 2.45) is 0 Å². The maximum absolute atomic E-state index is 11.3. The number of hydrogen-bond donors (Lipinski definition) is 1. The van der Waals surface area contributed by atoms with Crippen molar-refractivity contribution in [2.45, 2.75) is 19.6 Å². The summed E-state index contributed by atoms with van der Waals surface area (Å²) in [6.45, 7) is 4.21. The van der Waals surface area contributed by atoms with E-state index in [4.69, 9.17) is 9.47 Å². The molecule has 7 heteroatoms. The van der Waals surface area contributed by atoms with Crippen LogP contribution in [0.4, 0.5) is 0 Å². The molecule has 0 aliphatic carbocycles. The molecular formula is C10H24N2O4S. The van der Waals surface area contributed by atoms with Gasteiger partial charge in [0.2, 0.25) is 10.0 Å².